The molecule has 0 saturated carbocycles. The molecule has 0 fully saturated rings. The Balaban J connectivity index is 2.96. The van der Waals surface area contributed by atoms with Crippen LogP contribution in [0.15, 0.2) is 30.4 Å². The van der Waals surface area contributed by atoms with Gasteiger partial charge < -0.3 is 14.9 Å². The Morgan fingerprint density at radius 1 is 1.31 bits per heavy atom. The van der Waals surface area contributed by atoms with Crippen LogP contribution in [0.3, 0.4) is 0 Å². The van der Waals surface area contributed by atoms with Gasteiger partial charge >= 0.3 is 5.97 Å². The maximum absolute atomic E-state index is 11.4. The van der Waals surface area contributed by atoms with Gasteiger partial charge in [-0.15, -0.1) is 0 Å². The zero-order valence-corrected chi connectivity index (χ0v) is 8.51. The highest BCUT2D eigenvalue weighted by Gasteiger charge is 2.09. The molecule has 16 heavy (non-hydrogen) atoms. The van der Waals surface area contributed by atoms with E-state index in [-0.39, 0.29) is 11.3 Å². The van der Waals surface area contributed by atoms with E-state index in [4.69, 9.17) is 9.84 Å². The number of ketones is 1. The number of carboxylic acids is 1. The van der Waals surface area contributed by atoms with Crippen LogP contribution in [0.5, 0.6) is 11.5 Å². The molecule has 0 radical (unpaired) electrons. The van der Waals surface area contributed by atoms with Gasteiger partial charge in [-0.25, -0.2) is 4.79 Å². The smallest absolute Gasteiger partial charge is 0.328 e. The third-order valence-corrected chi connectivity index (χ3v) is 1.85. The molecule has 1 aromatic rings. The number of methoxy groups -OCH3 is 1. The third kappa shape index (κ3) is 2.84. The van der Waals surface area contributed by atoms with Gasteiger partial charge in [-0.3, -0.25) is 4.79 Å². The van der Waals surface area contributed by atoms with E-state index in [2.05, 4.69) is 0 Å². The van der Waals surface area contributed by atoms with E-state index in [1.165, 1.54) is 25.3 Å². The summed E-state index contributed by atoms with van der Waals surface area (Å²) in [5, 5.41) is 17.8. The molecule has 0 saturated heterocycles. The van der Waals surface area contributed by atoms with E-state index >= 15 is 0 Å². The van der Waals surface area contributed by atoms with Gasteiger partial charge in [0, 0.05) is 12.1 Å². The van der Waals surface area contributed by atoms with Crippen molar-refractivity contribution < 1.29 is 24.5 Å². The maximum Gasteiger partial charge on any atom is 0.328 e. The van der Waals surface area contributed by atoms with E-state index in [9.17, 15) is 14.7 Å². The minimum atomic E-state index is -1.22. The molecule has 84 valence electrons. The Kier molecular flexibility index (Phi) is 3.66. The fourth-order valence-electron chi connectivity index (χ4n) is 1.08. The SMILES string of the molecule is COc1ccc(C(=O)C=CC(=O)O)c(O)c1. The second-order valence-corrected chi connectivity index (χ2v) is 2.92. The number of phenols is 1. The van der Waals surface area contributed by atoms with Crippen LogP contribution in [0.2, 0.25) is 0 Å². The summed E-state index contributed by atoms with van der Waals surface area (Å²) in [5.41, 5.74) is 0.0262. The second kappa shape index (κ2) is 4.97. The second-order valence-electron chi connectivity index (χ2n) is 2.92. The standard InChI is InChI=1S/C11H10O5/c1-16-7-2-3-8(10(13)6-7)9(12)4-5-11(14)15/h2-6,13H,1H3,(H,14,15). The molecule has 1 rings (SSSR count). The van der Waals surface area contributed by atoms with Crippen molar-refractivity contribution in [1.29, 1.82) is 0 Å². The molecule has 0 aliphatic carbocycles. The van der Waals surface area contributed by atoms with Crippen molar-refractivity contribution in [2.75, 3.05) is 7.11 Å². The molecular weight excluding hydrogens is 212 g/mol. The summed E-state index contributed by atoms with van der Waals surface area (Å²) in [5.74, 6) is -1.64. The van der Waals surface area contributed by atoms with Gasteiger partial charge in [0.1, 0.15) is 11.5 Å². The molecular formula is C11H10O5. The molecule has 0 unspecified atom stereocenters. The number of phenolic OH excluding ortho intramolecular Hbond substituents is 1. The molecule has 0 atom stereocenters. The van der Waals surface area contributed by atoms with Gasteiger partial charge in [0.25, 0.3) is 0 Å². The minimum Gasteiger partial charge on any atom is -0.507 e. The predicted molar refractivity (Wildman–Crippen MR) is 55.8 cm³/mol. The first-order chi connectivity index (χ1) is 7.54. The summed E-state index contributed by atoms with van der Waals surface area (Å²) in [6.07, 6.45) is 1.59. The number of ether oxygens (including phenoxy) is 1. The highest BCUT2D eigenvalue weighted by atomic mass is 16.5. The Morgan fingerprint density at radius 2 is 2.00 bits per heavy atom. The summed E-state index contributed by atoms with van der Waals surface area (Å²) in [4.78, 5) is 21.6. The molecule has 0 aliphatic rings. The molecule has 0 aromatic heterocycles. The number of aliphatic carboxylic acids is 1. The van der Waals surface area contributed by atoms with Crippen LogP contribution in [0.4, 0.5) is 0 Å². The molecule has 0 bridgehead atoms. The normalized spacial score (nSPS) is 10.3. The van der Waals surface area contributed by atoms with Gasteiger partial charge in [0.2, 0.25) is 0 Å². The number of hydrogen-bond acceptors (Lipinski definition) is 4. The molecule has 5 nitrogen and oxygen atoms in total. The molecule has 2 N–H and O–H groups in total. The van der Waals surface area contributed by atoms with Crippen molar-refractivity contribution in [1.82, 2.24) is 0 Å². The number of carbonyl (C=O) groups excluding carboxylic acids is 1. The van der Waals surface area contributed by atoms with Gasteiger partial charge in [-0.2, -0.15) is 0 Å². The molecule has 0 spiro atoms. The lowest BCUT2D eigenvalue weighted by atomic mass is 10.1. The summed E-state index contributed by atoms with van der Waals surface area (Å²) >= 11 is 0. The lowest BCUT2D eigenvalue weighted by Gasteiger charge is -2.03. The van der Waals surface area contributed by atoms with Crippen LogP contribution in [-0.4, -0.2) is 29.1 Å². The molecule has 0 aliphatic heterocycles. The van der Waals surface area contributed by atoms with Crippen molar-refractivity contribution in [2.24, 2.45) is 0 Å². The van der Waals surface area contributed by atoms with Crippen molar-refractivity contribution in [3.05, 3.63) is 35.9 Å². The number of carboxylic acid groups (broad SMARTS) is 1. The zero-order valence-electron chi connectivity index (χ0n) is 8.51. The van der Waals surface area contributed by atoms with E-state index in [0.29, 0.717) is 11.8 Å². The van der Waals surface area contributed by atoms with Gasteiger partial charge in [0.05, 0.1) is 12.7 Å². The molecule has 0 heterocycles. The highest BCUT2D eigenvalue weighted by molar-refractivity contribution is 6.08. The van der Waals surface area contributed by atoms with Crippen LogP contribution < -0.4 is 4.74 Å². The van der Waals surface area contributed by atoms with E-state index in [0.717, 1.165) is 6.08 Å². The monoisotopic (exact) mass is 222 g/mol. The lowest BCUT2D eigenvalue weighted by Crippen LogP contribution is -1.97. The Hall–Kier alpha value is -2.30. The van der Waals surface area contributed by atoms with Crippen LogP contribution in [0.25, 0.3) is 0 Å². The fraction of sp³-hybridized carbons (Fsp3) is 0.0909. The Bertz CT molecular complexity index is 448. The summed E-state index contributed by atoms with van der Waals surface area (Å²) in [7, 11) is 1.43. The van der Waals surface area contributed by atoms with E-state index < -0.39 is 11.8 Å². The average molecular weight is 222 g/mol. The van der Waals surface area contributed by atoms with Crippen molar-refractivity contribution in [3.63, 3.8) is 0 Å². The Morgan fingerprint density at radius 3 is 2.50 bits per heavy atom. The van der Waals surface area contributed by atoms with Crippen LogP contribution in [0, 0.1) is 0 Å². The van der Waals surface area contributed by atoms with Crippen LogP contribution in [0.1, 0.15) is 10.4 Å². The summed E-state index contributed by atoms with van der Waals surface area (Å²) in [6, 6.07) is 4.14. The minimum absolute atomic E-state index is 0.0262. The van der Waals surface area contributed by atoms with Gasteiger partial charge in [0.15, 0.2) is 5.78 Å². The highest BCUT2D eigenvalue weighted by Crippen LogP contribution is 2.23. The van der Waals surface area contributed by atoms with Crippen molar-refractivity contribution in [3.8, 4) is 11.5 Å². The van der Waals surface area contributed by atoms with E-state index in [1.807, 2.05) is 0 Å². The topological polar surface area (TPSA) is 83.8 Å². The molecule has 5 heteroatoms. The fourth-order valence-corrected chi connectivity index (χ4v) is 1.08. The number of hydrogen-bond donors (Lipinski definition) is 2. The number of aromatic hydroxyl groups is 1. The largest absolute Gasteiger partial charge is 0.507 e. The number of benzene rings is 1. The first kappa shape index (κ1) is 11.8. The first-order valence-corrected chi connectivity index (χ1v) is 4.37. The predicted octanol–water partition coefficient (Wildman–Crippen LogP) is 1.22. The van der Waals surface area contributed by atoms with Crippen molar-refractivity contribution in [2.45, 2.75) is 0 Å². The number of allylic oxidation sites excluding steroid dienone is 1. The number of rotatable bonds is 4. The zero-order chi connectivity index (χ0) is 12.1. The van der Waals surface area contributed by atoms with E-state index in [1.54, 1.807) is 0 Å². The number of carbonyl (C=O) groups is 2. The van der Waals surface area contributed by atoms with Crippen molar-refractivity contribution >= 4 is 11.8 Å². The average Bonchev–Trinajstić information content (AvgIpc) is 2.25. The van der Waals surface area contributed by atoms with Crippen LogP contribution in [-0.2, 0) is 4.79 Å². The maximum atomic E-state index is 11.4. The van der Waals surface area contributed by atoms with Gasteiger partial charge in [-0.05, 0) is 18.2 Å². The van der Waals surface area contributed by atoms with Crippen LogP contribution >= 0.6 is 0 Å². The molecule has 1 aromatic carbocycles. The quantitative estimate of drug-likeness (QED) is 0.591. The third-order valence-electron chi connectivity index (χ3n) is 1.85. The van der Waals surface area contributed by atoms with Gasteiger partial charge in [-0.1, -0.05) is 0 Å². The first-order valence-electron chi connectivity index (χ1n) is 4.37. The molecule has 0 amide bonds. The lowest BCUT2D eigenvalue weighted by molar-refractivity contribution is -0.131. The Labute approximate surface area is 91.6 Å². The summed E-state index contributed by atoms with van der Waals surface area (Å²) in [6.45, 7) is 0. The summed E-state index contributed by atoms with van der Waals surface area (Å²) < 4.78 is 4.84.